The van der Waals surface area contributed by atoms with Crippen LogP contribution in [0.4, 0.5) is 15.0 Å². The molecule has 3 heterocycles. The SMILES string of the molecule is C#Cc1nc(NCc2cccs2)c2oc(C[C@H](F)[C@@H](C)NC(=O)OC(C)(C)C)c(C#C)c2n1. The van der Waals surface area contributed by atoms with E-state index in [1.54, 1.807) is 32.1 Å². The van der Waals surface area contributed by atoms with Crippen molar-refractivity contribution in [3.63, 3.8) is 0 Å². The zero-order chi connectivity index (χ0) is 24.2. The number of nitrogens with one attached hydrogen (secondary N) is 2. The minimum absolute atomic E-state index is 0.136. The second-order valence-electron chi connectivity index (χ2n) is 8.35. The number of hydrogen-bond acceptors (Lipinski definition) is 7. The summed E-state index contributed by atoms with van der Waals surface area (Å²) in [5.41, 5.74) is 0.248. The Labute approximate surface area is 196 Å². The molecule has 172 valence electrons. The summed E-state index contributed by atoms with van der Waals surface area (Å²) in [4.78, 5) is 21.7. The van der Waals surface area contributed by atoms with Gasteiger partial charge in [0.1, 0.15) is 23.0 Å². The van der Waals surface area contributed by atoms with Crippen LogP contribution in [0.2, 0.25) is 0 Å². The monoisotopic (exact) mass is 468 g/mol. The fourth-order valence-electron chi connectivity index (χ4n) is 3.02. The number of furan rings is 1. The molecule has 7 nitrogen and oxygen atoms in total. The standard InChI is InChI=1S/C24H25FN4O3S/c1-7-16-18(12-17(25)14(3)27-23(30)32-24(4,5)6)31-21-20(16)28-19(8-2)29-22(21)26-13-15-10-9-11-33-15/h1-2,9-11,14,17H,12-13H2,3-6H3,(H,27,30)(H,26,28,29)/t14-,17+/m1/s1. The number of nitrogens with zero attached hydrogens (tertiary/aromatic N) is 2. The number of thiophene rings is 1. The third kappa shape index (κ3) is 6.03. The van der Waals surface area contributed by atoms with Gasteiger partial charge in [-0.3, -0.25) is 0 Å². The molecule has 3 rings (SSSR count). The first-order valence-electron chi connectivity index (χ1n) is 10.3. The maximum Gasteiger partial charge on any atom is 0.407 e. The lowest BCUT2D eigenvalue weighted by atomic mass is 10.1. The third-order valence-corrected chi connectivity index (χ3v) is 5.43. The Bertz CT molecular complexity index is 1220. The predicted octanol–water partition coefficient (Wildman–Crippen LogP) is 4.65. The van der Waals surface area contributed by atoms with Gasteiger partial charge in [0.05, 0.1) is 18.2 Å². The summed E-state index contributed by atoms with van der Waals surface area (Å²) >= 11 is 1.59. The number of ether oxygens (including phenoxy) is 1. The lowest BCUT2D eigenvalue weighted by molar-refractivity contribution is 0.0479. The van der Waals surface area contributed by atoms with Crippen molar-refractivity contribution in [3.8, 4) is 24.7 Å². The molecule has 2 atom stereocenters. The number of aromatic nitrogens is 2. The zero-order valence-electron chi connectivity index (χ0n) is 18.9. The number of fused-ring (bicyclic) bond motifs is 1. The number of alkyl halides is 1. The van der Waals surface area contributed by atoms with Crippen LogP contribution >= 0.6 is 11.3 Å². The fraction of sp³-hybridized carbons (Fsp3) is 0.375. The lowest BCUT2D eigenvalue weighted by Gasteiger charge is -2.23. The number of anilines is 1. The van der Waals surface area contributed by atoms with Crippen LogP contribution in [-0.4, -0.2) is 33.9 Å². The van der Waals surface area contributed by atoms with Gasteiger partial charge in [0.15, 0.2) is 11.4 Å². The van der Waals surface area contributed by atoms with Gasteiger partial charge in [-0.1, -0.05) is 12.0 Å². The Kier molecular flexibility index (Phi) is 7.25. The molecule has 0 bridgehead atoms. The van der Waals surface area contributed by atoms with Gasteiger partial charge in [-0.05, 0) is 45.1 Å². The summed E-state index contributed by atoms with van der Waals surface area (Å²) in [5.74, 6) is 5.67. The predicted molar refractivity (Wildman–Crippen MR) is 127 cm³/mol. The van der Waals surface area contributed by atoms with Gasteiger partial charge in [-0.15, -0.1) is 24.2 Å². The summed E-state index contributed by atoms with van der Waals surface area (Å²) in [5, 5.41) is 7.65. The number of alkyl carbamates (subject to hydrolysis) is 1. The Morgan fingerprint density at radius 1 is 1.33 bits per heavy atom. The molecule has 3 aromatic heterocycles. The van der Waals surface area contributed by atoms with Gasteiger partial charge in [0.2, 0.25) is 5.82 Å². The van der Waals surface area contributed by atoms with Crippen LogP contribution in [0.1, 0.15) is 49.7 Å². The normalized spacial score (nSPS) is 13.1. The minimum Gasteiger partial charge on any atom is -0.454 e. The Morgan fingerprint density at radius 2 is 2.09 bits per heavy atom. The van der Waals surface area contributed by atoms with Crippen molar-refractivity contribution in [3.05, 3.63) is 39.5 Å². The highest BCUT2D eigenvalue weighted by atomic mass is 32.1. The smallest absolute Gasteiger partial charge is 0.407 e. The average molecular weight is 469 g/mol. The summed E-state index contributed by atoms with van der Waals surface area (Å²) in [6.07, 6.45) is 8.84. The van der Waals surface area contributed by atoms with Gasteiger partial charge < -0.3 is 19.8 Å². The van der Waals surface area contributed by atoms with E-state index in [0.29, 0.717) is 29.0 Å². The van der Waals surface area contributed by atoms with E-state index in [9.17, 15) is 4.79 Å². The minimum atomic E-state index is -1.49. The number of rotatable bonds is 7. The molecule has 0 aliphatic rings. The second-order valence-corrected chi connectivity index (χ2v) is 9.38. The molecular formula is C24H25FN4O3S. The topological polar surface area (TPSA) is 89.3 Å². The molecule has 0 aliphatic carbocycles. The molecule has 1 amide bonds. The van der Waals surface area contributed by atoms with E-state index in [-0.39, 0.29) is 18.0 Å². The van der Waals surface area contributed by atoms with E-state index < -0.39 is 23.9 Å². The van der Waals surface area contributed by atoms with Gasteiger partial charge in [-0.25, -0.2) is 14.2 Å². The van der Waals surface area contributed by atoms with Crippen LogP contribution in [0, 0.1) is 24.7 Å². The van der Waals surface area contributed by atoms with E-state index in [0.717, 1.165) is 4.88 Å². The highest BCUT2D eigenvalue weighted by molar-refractivity contribution is 7.09. The summed E-state index contributed by atoms with van der Waals surface area (Å²) in [6.45, 7) is 7.23. The Balaban J connectivity index is 1.85. The highest BCUT2D eigenvalue weighted by Crippen LogP contribution is 2.30. The molecule has 0 unspecified atom stereocenters. The molecule has 0 saturated heterocycles. The third-order valence-electron chi connectivity index (χ3n) is 4.56. The number of hydrogen-bond donors (Lipinski definition) is 2. The number of halogens is 1. The van der Waals surface area contributed by atoms with Gasteiger partial charge in [0, 0.05) is 11.3 Å². The maximum absolute atomic E-state index is 15.0. The number of terminal acetylenes is 2. The van der Waals surface area contributed by atoms with Crippen LogP contribution in [0.5, 0.6) is 0 Å². The Morgan fingerprint density at radius 3 is 2.70 bits per heavy atom. The van der Waals surface area contributed by atoms with Crippen LogP contribution in [0.3, 0.4) is 0 Å². The van der Waals surface area contributed by atoms with Crippen molar-refractivity contribution in [1.29, 1.82) is 0 Å². The summed E-state index contributed by atoms with van der Waals surface area (Å²) < 4.78 is 26.1. The van der Waals surface area contributed by atoms with Crippen LogP contribution in [0.25, 0.3) is 11.1 Å². The van der Waals surface area contributed by atoms with Crippen LogP contribution in [0.15, 0.2) is 21.9 Å². The molecule has 0 spiro atoms. The summed E-state index contributed by atoms with van der Waals surface area (Å²) in [7, 11) is 0. The van der Waals surface area contributed by atoms with Crippen LogP contribution in [-0.2, 0) is 17.7 Å². The molecular weight excluding hydrogens is 443 g/mol. The number of carbonyl (C=O) groups excluding carboxylic acids is 1. The van der Waals surface area contributed by atoms with E-state index in [1.807, 2.05) is 17.5 Å². The molecule has 2 N–H and O–H groups in total. The van der Waals surface area contributed by atoms with E-state index in [1.165, 1.54) is 6.92 Å². The maximum atomic E-state index is 15.0. The molecule has 33 heavy (non-hydrogen) atoms. The van der Waals surface area contributed by atoms with Crippen molar-refractivity contribution < 1.29 is 18.3 Å². The molecule has 0 aliphatic heterocycles. The van der Waals surface area contributed by atoms with E-state index in [2.05, 4.69) is 32.4 Å². The zero-order valence-corrected chi connectivity index (χ0v) is 19.7. The first-order valence-corrected chi connectivity index (χ1v) is 11.2. The van der Waals surface area contributed by atoms with E-state index in [4.69, 9.17) is 22.0 Å². The quantitative estimate of drug-likeness (QED) is 0.491. The number of carbonyl (C=O) groups is 1. The molecule has 0 fully saturated rings. The van der Waals surface area contributed by atoms with Crippen molar-refractivity contribution in [1.82, 2.24) is 15.3 Å². The van der Waals surface area contributed by atoms with Crippen molar-refractivity contribution in [2.45, 2.75) is 58.5 Å². The van der Waals surface area contributed by atoms with Gasteiger partial charge >= 0.3 is 6.09 Å². The first-order chi connectivity index (χ1) is 15.6. The Hall–Kier alpha value is -3.56. The van der Waals surface area contributed by atoms with Crippen molar-refractivity contribution >= 4 is 34.3 Å². The molecule has 0 aromatic carbocycles. The highest BCUT2D eigenvalue weighted by Gasteiger charge is 2.27. The number of amides is 1. The van der Waals surface area contributed by atoms with Gasteiger partial charge in [-0.2, -0.15) is 4.98 Å². The van der Waals surface area contributed by atoms with Crippen LogP contribution < -0.4 is 10.6 Å². The lowest BCUT2D eigenvalue weighted by Crippen LogP contribution is -2.42. The fourth-order valence-corrected chi connectivity index (χ4v) is 3.67. The first kappa shape index (κ1) is 24.1. The van der Waals surface area contributed by atoms with Gasteiger partial charge in [0.25, 0.3) is 0 Å². The molecule has 3 aromatic rings. The van der Waals surface area contributed by atoms with Crippen molar-refractivity contribution in [2.75, 3.05) is 5.32 Å². The largest absolute Gasteiger partial charge is 0.454 e. The van der Waals surface area contributed by atoms with E-state index >= 15 is 4.39 Å². The second kappa shape index (κ2) is 9.93. The molecule has 0 saturated carbocycles. The summed E-state index contributed by atoms with van der Waals surface area (Å²) in [6, 6.07) is 3.08. The molecule has 9 heteroatoms. The average Bonchev–Trinajstić information content (AvgIpc) is 3.37. The molecule has 0 radical (unpaired) electrons. The van der Waals surface area contributed by atoms with Crippen molar-refractivity contribution in [2.24, 2.45) is 0 Å².